The van der Waals surface area contributed by atoms with Crippen molar-refractivity contribution in [2.45, 2.75) is 51.6 Å². The largest absolute Gasteiger partial charge is 0.464 e. The standard InChI is InChI=1S/C17H24N4O2/c1-3-5-6-10-13-15(20-21-18)12-9-7-8-11-14(12)19-16(13)17(22)23-4-2/h7-9,11,13,15-16,19H,3-6,10H2,1-2H3/t13-,15+,16+/m1/s1. The van der Waals surface area contributed by atoms with Crippen molar-refractivity contribution in [1.29, 1.82) is 0 Å². The number of azide groups is 1. The molecule has 2 rings (SSSR count). The summed E-state index contributed by atoms with van der Waals surface area (Å²) >= 11 is 0. The Hall–Kier alpha value is -2.20. The smallest absolute Gasteiger partial charge is 0.328 e. The summed E-state index contributed by atoms with van der Waals surface area (Å²) in [7, 11) is 0. The summed E-state index contributed by atoms with van der Waals surface area (Å²) in [5.41, 5.74) is 10.8. The van der Waals surface area contributed by atoms with E-state index in [4.69, 9.17) is 10.3 Å². The molecular weight excluding hydrogens is 292 g/mol. The first-order valence-corrected chi connectivity index (χ1v) is 8.29. The molecule has 1 aliphatic rings. The van der Waals surface area contributed by atoms with Crippen molar-refractivity contribution in [3.8, 4) is 0 Å². The molecule has 1 aromatic rings. The second-order valence-corrected chi connectivity index (χ2v) is 5.77. The second-order valence-electron chi connectivity index (χ2n) is 5.77. The van der Waals surface area contributed by atoms with Gasteiger partial charge in [-0.2, -0.15) is 0 Å². The van der Waals surface area contributed by atoms with Gasteiger partial charge in [0, 0.05) is 16.5 Å². The van der Waals surface area contributed by atoms with Crippen molar-refractivity contribution in [2.24, 2.45) is 11.0 Å². The van der Waals surface area contributed by atoms with Crippen molar-refractivity contribution in [1.82, 2.24) is 0 Å². The normalized spacial score (nSPS) is 22.4. The quantitative estimate of drug-likeness (QED) is 0.262. The Labute approximate surface area is 136 Å². The zero-order valence-electron chi connectivity index (χ0n) is 13.7. The van der Waals surface area contributed by atoms with Crippen molar-refractivity contribution in [2.75, 3.05) is 11.9 Å². The van der Waals surface area contributed by atoms with Crippen LogP contribution in [0.2, 0.25) is 0 Å². The van der Waals surface area contributed by atoms with Crippen LogP contribution in [-0.4, -0.2) is 18.6 Å². The number of carbonyl (C=O) groups is 1. The SMILES string of the molecule is CCCCC[C@H]1[C@@H](C(=O)OCC)Nc2ccccc2[C@@H]1N=[N+]=[N-]. The van der Waals surface area contributed by atoms with Gasteiger partial charge in [0.15, 0.2) is 0 Å². The van der Waals surface area contributed by atoms with E-state index in [1.54, 1.807) is 6.92 Å². The van der Waals surface area contributed by atoms with E-state index in [0.717, 1.165) is 36.9 Å². The molecule has 1 heterocycles. The molecule has 1 aromatic carbocycles. The maximum atomic E-state index is 12.4. The van der Waals surface area contributed by atoms with E-state index in [1.165, 1.54) is 0 Å². The van der Waals surface area contributed by atoms with Crippen LogP contribution in [0.3, 0.4) is 0 Å². The fourth-order valence-electron chi connectivity index (χ4n) is 3.20. The van der Waals surface area contributed by atoms with Crippen LogP contribution in [-0.2, 0) is 9.53 Å². The molecule has 6 heteroatoms. The molecule has 124 valence electrons. The lowest BCUT2D eigenvalue weighted by molar-refractivity contribution is -0.145. The molecule has 0 aromatic heterocycles. The molecule has 0 aliphatic carbocycles. The monoisotopic (exact) mass is 316 g/mol. The van der Waals surface area contributed by atoms with E-state index in [-0.39, 0.29) is 17.9 Å². The average molecular weight is 316 g/mol. The van der Waals surface area contributed by atoms with E-state index in [2.05, 4.69) is 22.3 Å². The molecule has 1 aliphatic heterocycles. The summed E-state index contributed by atoms with van der Waals surface area (Å²) in [5, 5.41) is 7.30. The highest BCUT2D eigenvalue weighted by Gasteiger charge is 2.40. The predicted molar refractivity (Wildman–Crippen MR) is 90.0 cm³/mol. The summed E-state index contributed by atoms with van der Waals surface area (Å²) in [4.78, 5) is 15.4. The van der Waals surface area contributed by atoms with Gasteiger partial charge in [-0.25, -0.2) is 4.79 Å². The minimum absolute atomic E-state index is 0.0913. The maximum Gasteiger partial charge on any atom is 0.328 e. The summed E-state index contributed by atoms with van der Waals surface area (Å²) < 4.78 is 5.22. The minimum atomic E-state index is -0.475. The van der Waals surface area contributed by atoms with Gasteiger partial charge in [0.1, 0.15) is 6.04 Å². The first kappa shape index (κ1) is 17.2. The summed E-state index contributed by atoms with van der Waals surface area (Å²) in [6.07, 6.45) is 4.02. The van der Waals surface area contributed by atoms with Crippen molar-refractivity contribution in [3.05, 3.63) is 40.3 Å². The average Bonchev–Trinajstić information content (AvgIpc) is 2.56. The van der Waals surface area contributed by atoms with Crippen LogP contribution >= 0.6 is 0 Å². The number of nitrogens with zero attached hydrogens (tertiary/aromatic N) is 3. The summed E-state index contributed by atoms with van der Waals surface area (Å²) in [6, 6.07) is 6.87. The van der Waals surface area contributed by atoms with Crippen LogP contribution in [0.4, 0.5) is 5.69 Å². The zero-order chi connectivity index (χ0) is 16.7. The van der Waals surface area contributed by atoms with E-state index < -0.39 is 6.04 Å². The van der Waals surface area contributed by atoms with Gasteiger partial charge in [-0.15, -0.1) is 0 Å². The number of ether oxygens (including phenoxy) is 1. The van der Waals surface area contributed by atoms with Crippen molar-refractivity contribution in [3.63, 3.8) is 0 Å². The van der Waals surface area contributed by atoms with Gasteiger partial charge in [-0.1, -0.05) is 49.5 Å². The van der Waals surface area contributed by atoms with Crippen molar-refractivity contribution >= 4 is 11.7 Å². The van der Waals surface area contributed by atoms with Gasteiger partial charge < -0.3 is 10.1 Å². The van der Waals surface area contributed by atoms with Crippen LogP contribution < -0.4 is 5.32 Å². The van der Waals surface area contributed by atoms with Crippen LogP contribution in [0.5, 0.6) is 0 Å². The Morgan fingerprint density at radius 2 is 2.13 bits per heavy atom. The maximum absolute atomic E-state index is 12.4. The van der Waals surface area contributed by atoms with E-state index in [0.29, 0.717) is 6.61 Å². The van der Waals surface area contributed by atoms with Gasteiger partial charge in [-0.3, -0.25) is 0 Å². The molecule has 3 atom stereocenters. The Morgan fingerprint density at radius 3 is 2.83 bits per heavy atom. The summed E-state index contributed by atoms with van der Waals surface area (Å²) in [6.45, 7) is 4.28. The van der Waals surface area contributed by atoms with Crippen LogP contribution in [0.15, 0.2) is 29.4 Å². The number of anilines is 1. The van der Waals surface area contributed by atoms with Crippen LogP contribution in [0.25, 0.3) is 10.4 Å². The molecule has 0 bridgehead atoms. The fraction of sp³-hybridized carbons (Fsp3) is 0.588. The third kappa shape index (κ3) is 3.96. The number of carbonyl (C=O) groups excluding carboxylic acids is 1. The predicted octanol–water partition coefficient (Wildman–Crippen LogP) is 4.59. The van der Waals surface area contributed by atoms with E-state index >= 15 is 0 Å². The van der Waals surface area contributed by atoms with E-state index in [1.807, 2.05) is 24.3 Å². The first-order valence-electron chi connectivity index (χ1n) is 8.29. The highest BCUT2D eigenvalue weighted by molar-refractivity contribution is 5.81. The topological polar surface area (TPSA) is 87.1 Å². The Balaban J connectivity index is 2.36. The number of nitrogens with one attached hydrogen (secondary N) is 1. The van der Waals surface area contributed by atoms with Gasteiger partial charge >= 0.3 is 5.97 Å². The zero-order valence-corrected chi connectivity index (χ0v) is 13.7. The lowest BCUT2D eigenvalue weighted by Gasteiger charge is -2.37. The number of para-hydroxylation sites is 1. The Kier molecular flexibility index (Phi) is 6.29. The second kappa shape index (κ2) is 8.44. The molecule has 0 saturated heterocycles. The number of unbranched alkanes of at least 4 members (excludes halogenated alkanes) is 2. The molecule has 0 saturated carbocycles. The number of rotatable bonds is 7. The molecule has 0 radical (unpaired) electrons. The van der Waals surface area contributed by atoms with Crippen LogP contribution in [0.1, 0.15) is 51.1 Å². The van der Waals surface area contributed by atoms with Gasteiger partial charge in [0.25, 0.3) is 0 Å². The number of fused-ring (bicyclic) bond motifs is 1. The number of benzene rings is 1. The van der Waals surface area contributed by atoms with Crippen LogP contribution in [0, 0.1) is 5.92 Å². The molecule has 0 unspecified atom stereocenters. The molecule has 23 heavy (non-hydrogen) atoms. The molecule has 0 fully saturated rings. The number of esters is 1. The van der Waals surface area contributed by atoms with E-state index in [9.17, 15) is 4.79 Å². The fourth-order valence-corrected chi connectivity index (χ4v) is 3.20. The highest BCUT2D eigenvalue weighted by Crippen LogP contribution is 2.42. The third-order valence-corrected chi connectivity index (χ3v) is 4.28. The molecule has 0 amide bonds. The van der Waals surface area contributed by atoms with Gasteiger partial charge in [0.2, 0.25) is 0 Å². The Morgan fingerprint density at radius 1 is 1.35 bits per heavy atom. The van der Waals surface area contributed by atoms with Crippen molar-refractivity contribution < 1.29 is 9.53 Å². The number of hydrogen-bond donors (Lipinski definition) is 1. The number of hydrogen-bond acceptors (Lipinski definition) is 4. The third-order valence-electron chi connectivity index (χ3n) is 4.28. The summed E-state index contributed by atoms with van der Waals surface area (Å²) in [5.74, 6) is -0.368. The van der Waals surface area contributed by atoms with Gasteiger partial charge in [-0.05, 0) is 30.5 Å². The molecule has 6 nitrogen and oxygen atoms in total. The minimum Gasteiger partial charge on any atom is -0.464 e. The first-order chi connectivity index (χ1) is 11.2. The highest BCUT2D eigenvalue weighted by atomic mass is 16.5. The lowest BCUT2D eigenvalue weighted by Crippen LogP contribution is -2.44. The Bertz CT molecular complexity index is 584. The van der Waals surface area contributed by atoms with Gasteiger partial charge in [0.05, 0.1) is 12.6 Å². The molecule has 1 N–H and O–H groups in total. The molecule has 0 spiro atoms. The molecular formula is C17H24N4O2. The lowest BCUT2D eigenvalue weighted by atomic mass is 9.79.